The third-order valence-corrected chi connectivity index (χ3v) is 7.31. The largest absolute Gasteiger partial charge is 0.360 e. The fourth-order valence-corrected chi connectivity index (χ4v) is 5.36. The number of rotatable bonds is 8. The SMILES string of the molecule is O=C1CC(=C(c2ccccc2)c2ccccc2)C(=O)N1CCCC[NH+]1CCN(c2ccccc2)CC1. The second-order valence-electron chi connectivity index (χ2n) is 9.64. The van der Waals surface area contributed by atoms with E-state index in [9.17, 15) is 9.59 Å². The molecule has 0 unspecified atom stereocenters. The molecule has 2 saturated heterocycles. The molecule has 5 rings (SSSR count). The highest BCUT2D eigenvalue weighted by Gasteiger charge is 2.36. The number of nitrogens with one attached hydrogen (secondary N) is 1. The Morgan fingerprint density at radius 3 is 1.86 bits per heavy atom. The third-order valence-electron chi connectivity index (χ3n) is 7.31. The second kappa shape index (κ2) is 11.4. The average Bonchev–Trinajstić information content (AvgIpc) is 3.21. The van der Waals surface area contributed by atoms with Crippen LogP contribution in [0.1, 0.15) is 30.4 Å². The molecule has 36 heavy (non-hydrogen) atoms. The average molecular weight is 481 g/mol. The maximum Gasteiger partial charge on any atom is 0.257 e. The Morgan fingerprint density at radius 1 is 0.722 bits per heavy atom. The van der Waals surface area contributed by atoms with Crippen LogP contribution in [-0.4, -0.2) is 56.0 Å². The van der Waals surface area contributed by atoms with Crippen LogP contribution in [-0.2, 0) is 9.59 Å². The van der Waals surface area contributed by atoms with Gasteiger partial charge in [-0.25, -0.2) is 0 Å². The van der Waals surface area contributed by atoms with E-state index in [2.05, 4.69) is 35.2 Å². The number of benzene rings is 3. The summed E-state index contributed by atoms with van der Waals surface area (Å²) in [6, 6.07) is 30.5. The number of para-hydroxylation sites is 1. The van der Waals surface area contributed by atoms with Gasteiger partial charge in [-0.3, -0.25) is 14.5 Å². The van der Waals surface area contributed by atoms with E-state index in [-0.39, 0.29) is 18.2 Å². The number of hydrogen-bond donors (Lipinski definition) is 1. The van der Waals surface area contributed by atoms with E-state index in [1.165, 1.54) is 10.6 Å². The first-order valence-corrected chi connectivity index (χ1v) is 13.0. The molecule has 0 spiro atoms. The molecule has 3 aromatic rings. The molecule has 184 valence electrons. The van der Waals surface area contributed by atoms with Crippen LogP contribution in [0.15, 0.2) is 96.6 Å². The van der Waals surface area contributed by atoms with Crippen LogP contribution in [0.3, 0.4) is 0 Å². The van der Waals surface area contributed by atoms with Crippen LogP contribution in [0.2, 0.25) is 0 Å². The van der Waals surface area contributed by atoms with Gasteiger partial charge in [0.2, 0.25) is 5.91 Å². The minimum absolute atomic E-state index is 0.0804. The Labute approximate surface area is 213 Å². The summed E-state index contributed by atoms with van der Waals surface area (Å²) in [4.78, 5) is 31.8. The molecular formula is C31H34N3O2+. The summed E-state index contributed by atoms with van der Waals surface area (Å²) < 4.78 is 0. The highest BCUT2D eigenvalue weighted by Crippen LogP contribution is 2.33. The number of amides is 2. The molecule has 2 amide bonds. The first kappa shape index (κ1) is 24.0. The monoisotopic (exact) mass is 480 g/mol. The first-order valence-electron chi connectivity index (χ1n) is 13.0. The van der Waals surface area contributed by atoms with Crippen molar-refractivity contribution in [3.8, 4) is 0 Å². The minimum Gasteiger partial charge on any atom is -0.360 e. The number of carbonyl (C=O) groups is 2. The van der Waals surface area contributed by atoms with E-state index >= 15 is 0 Å². The maximum absolute atomic E-state index is 13.4. The van der Waals surface area contributed by atoms with Gasteiger partial charge in [0, 0.05) is 17.8 Å². The number of unbranched alkanes of at least 4 members (excludes halogenated alkanes) is 1. The quantitative estimate of drug-likeness (QED) is 0.305. The Morgan fingerprint density at radius 2 is 1.28 bits per heavy atom. The van der Waals surface area contributed by atoms with E-state index in [4.69, 9.17) is 0 Å². The minimum atomic E-state index is -0.133. The van der Waals surface area contributed by atoms with Gasteiger partial charge in [0.25, 0.3) is 5.91 Å². The Balaban J connectivity index is 1.18. The van der Waals surface area contributed by atoms with Crippen molar-refractivity contribution in [2.24, 2.45) is 0 Å². The highest BCUT2D eigenvalue weighted by molar-refractivity contribution is 6.18. The van der Waals surface area contributed by atoms with Crippen LogP contribution in [0, 0.1) is 0 Å². The molecule has 0 saturated carbocycles. The van der Waals surface area contributed by atoms with Gasteiger partial charge in [0.15, 0.2) is 0 Å². The van der Waals surface area contributed by atoms with Crippen molar-refractivity contribution in [2.75, 3.05) is 44.2 Å². The number of imide groups is 1. The smallest absolute Gasteiger partial charge is 0.257 e. The van der Waals surface area contributed by atoms with E-state index in [0.717, 1.165) is 62.3 Å². The van der Waals surface area contributed by atoms with E-state index < -0.39 is 0 Å². The molecule has 0 atom stereocenters. The molecule has 0 bridgehead atoms. The fourth-order valence-electron chi connectivity index (χ4n) is 5.36. The Hall–Kier alpha value is -3.70. The predicted octanol–water partition coefficient (Wildman–Crippen LogP) is 3.43. The zero-order valence-electron chi connectivity index (χ0n) is 20.7. The van der Waals surface area contributed by atoms with Crippen molar-refractivity contribution >= 4 is 23.1 Å². The molecule has 5 heteroatoms. The highest BCUT2D eigenvalue weighted by atomic mass is 16.2. The molecule has 3 aromatic carbocycles. The number of piperazine rings is 1. The van der Waals surface area contributed by atoms with Crippen molar-refractivity contribution in [3.63, 3.8) is 0 Å². The van der Waals surface area contributed by atoms with Crippen LogP contribution in [0.4, 0.5) is 5.69 Å². The van der Waals surface area contributed by atoms with Gasteiger partial charge >= 0.3 is 0 Å². The van der Waals surface area contributed by atoms with Crippen molar-refractivity contribution in [1.82, 2.24) is 4.90 Å². The van der Waals surface area contributed by atoms with E-state index in [1.54, 1.807) is 4.90 Å². The van der Waals surface area contributed by atoms with Gasteiger partial charge in [-0.05, 0) is 41.7 Å². The van der Waals surface area contributed by atoms with Crippen molar-refractivity contribution in [2.45, 2.75) is 19.3 Å². The van der Waals surface area contributed by atoms with Gasteiger partial charge in [-0.2, -0.15) is 0 Å². The lowest BCUT2D eigenvalue weighted by Gasteiger charge is -2.33. The topological polar surface area (TPSA) is 45.1 Å². The summed E-state index contributed by atoms with van der Waals surface area (Å²) >= 11 is 0. The van der Waals surface area contributed by atoms with Gasteiger partial charge in [-0.15, -0.1) is 0 Å². The number of carbonyl (C=O) groups excluding carboxylic acids is 2. The summed E-state index contributed by atoms with van der Waals surface area (Å²) in [7, 11) is 0. The first-order chi connectivity index (χ1) is 17.7. The summed E-state index contributed by atoms with van der Waals surface area (Å²) in [5, 5.41) is 0. The molecule has 2 aliphatic rings. The second-order valence-corrected chi connectivity index (χ2v) is 9.64. The number of hydrogen-bond acceptors (Lipinski definition) is 3. The van der Waals surface area contributed by atoms with E-state index in [0.29, 0.717) is 12.1 Å². The third kappa shape index (κ3) is 5.42. The van der Waals surface area contributed by atoms with Crippen molar-refractivity contribution < 1.29 is 14.5 Å². The van der Waals surface area contributed by atoms with Crippen LogP contribution < -0.4 is 9.80 Å². The molecule has 0 radical (unpaired) electrons. The number of anilines is 1. The molecular weight excluding hydrogens is 446 g/mol. The van der Waals surface area contributed by atoms with Crippen LogP contribution in [0.5, 0.6) is 0 Å². The molecule has 2 fully saturated rings. The van der Waals surface area contributed by atoms with Crippen LogP contribution >= 0.6 is 0 Å². The summed E-state index contributed by atoms with van der Waals surface area (Å²) in [5.74, 6) is -0.213. The van der Waals surface area contributed by atoms with Gasteiger partial charge in [-0.1, -0.05) is 78.9 Å². The van der Waals surface area contributed by atoms with Crippen molar-refractivity contribution in [3.05, 3.63) is 108 Å². The number of nitrogens with zero attached hydrogens (tertiary/aromatic N) is 2. The van der Waals surface area contributed by atoms with Crippen molar-refractivity contribution in [1.29, 1.82) is 0 Å². The maximum atomic E-state index is 13.4. The Bertz CT molecular complexity index is 1160. The summed E-state index contributed by atoms with van der Waals surface area (Å²) in [5.41, 5.74) is 4.73. The Kier molecular flexibility index (Phi) is 7.58. The van der Waals surface area contributed by atoms with Gasteiger partial charge < -0.3 is 9.80 Å². The van der Waals surface area contributed by atoms with E-state index in [1.807, 2.05) is 60.7 Å². The molecule has 0 aliphatic carbocycles. The lowest BCUT2D eigenvalue weighted by atomic mass is 9.92. The number of likely N-dealkylation sites (tertiary alicyclic amines) is 1. The lowest BCUT2D eigenvalue weighted by molar-refractivity contribution is -0.900. The fraction of sp³-hybridized carbons (Fsp3) is 0.290. The summed E-state index contributed by atoms with van der Waals surface area (Å²) in [6.45, 7) is 5.97. The predicted molar refractivity (Wildman–Crippen MR) is 144 cm³/mol. The lowest BCUT2D eigenvalue weighted by Crippen LogP contribution is -3.14. The normalized spacial score (nSPS) is 16.6. The molecule has 0 aromatic heterocycles. The van der Waals surface area contributed by atoms with Crippen LogP contribution in [0.25, 0.3) is 5.57 Å². The zero-order chi connectivity index (χ0) is 24.7. The molecule has 2 heterocycles. The number of quaternary nitrogens is 1. The molecule has 5 nitrogen and oxygen atoms in total. The van der Waals surface area contributed by atoms with Gasteiger partial charge in [0.05, 0.1) is 39.1 Å². The molecule has 1 N–H and O–H groups in total. The van der Waals surface area contributed by atoms with Gasteiger partial charge in [0.1, 0.15) is 0 Å². The zero-order valence-corrected chi connectivity index (χ0v) is 20.7. The standard InChI is InChI=1S/C31H33N3O2/c35-29-24-28(30(25-12-4-1-5-13-25)26-14-6-2-7-15-26)31(36)34(29)19-11-10-18-32-20-22-33(23-21-32)27-16-8-3-9-17-27/h1-9,12-17H,10-11,18-24H2/p+1. The molecule has 2 aliphatic heterocycles. The summed E-state index contributed by atoms with van der Waals surface area (Å²) in [6.07, 6.45) is 2.04.